The summed E-state index contributed by atoms with van der Waals surface area (Å²) in [5, 5.41) is 2.64. The van der Waals surface area contributed by atoms with Crippen molar-refractivity contribution in [3.63, 3.8) is 0 Å². The van der Waals surface area contributed by atoms with Gasteiger partial charge in [-0.05, 0) is 24.3 Å². The molecule has 0 saturated carbocycles. The lowest BCUT2D eigenvalue weighted by atomic mass is 10.2. The number of benzene rings is 2. The number of hydrogen-bond acceptors (Lipinski definition) is 4. The van der Waals surface area contributed by atoms with Gasteiger partial charge in [-0.15, -0.1) is 0 Å². The van der Waals surface area contributed by atoms with Gasteiger partial charge < -0.3 is 10.1 Å². The Labute approximate surface area is 146 Å². The summed E-state index contributed by atoms with van der Waals surface area (Å²) in [6.07, 6.45) is 0.964. The molecule has 2 aromatic carbocycles. The molecule has 0 aliphatic carbocycles. The Morgan fingerprint density at radius 2 is 1.92 bits per heavy atom. The average molecular weight is 366 g/mol. The molecule has 0 radical (unpaired) electrons. The molecule has 6 nitrogen and oxygen atoms in total. The largest absolute Gasteiger partial charge is 0.496 e. The molecule has 2 rings (SSSR count). The van der Waals surface area contributed by atoms with Crippen molar-refractivity contribution in [2.75, 3.05) is 24.2 Å². The summed E-state index contributed by atoms with van der Waals surface area (Å²) in [6, 6.07) is 12.2. The van der Waals surface area contributed by atoms with E-state index in [1.807, 2.05) is 0 Å². The summed E-state index contributed by atoms with van der Waals surface area (Å²) >= 11 is 0. The Kier molecular flexibility index (Phi) is 5.97. The number of nitrogens with zero attached hydrogens (tertiary/aromatic N) is 1. The molecule has 0 unspecified atom stereocenters. The molecule has 0 atom stereocenters. The molecular formula is C17H19FN2O4S. The second kappa shape index (κ2) is 7.98. The fourth-order valence-corrected chi connectivity index (χ4v) is 3.11. The number of methoxy groups -OCH3 is 1. The van der Waals surface area contributed by atoms with Crippen LogP contribution >= 0.6 is 0 Å². The zero-order valence-corrected chi connectivity index (χ0v) is 14.7. The standard InChI is InChI=1S/C17H19FN2O4S/c1-24-16-9-4-3-6-13(16)11-19-17(21)12-20(25(2,22)23)15-8-5-7-14(18)10-15/h3-10H,11-12H2,1-2H3,(H,19,21). The summed E-state index contributed by atoms with van der Waals surface area (Å²) in [4.78, 5) is 12.2. The van der Waals surface area contributed by atoms with Crippen molar-refractivity contribution in [1.29, 1.82) is 0 Å². The number of nitrogens with one attached hydrogen (secondary N) is 1. The van der Waals surface area contributed by atoms with Crippen molar-refractivity contribution >= 4 is 21.6 Å². The molecule has 1 amide bonds. The van der Waals surface area contributed by atoms with Crippen LogP contribution in [0.5, 0.6) is 5.75 Å². The first-order valence-corrected chi connectivity index (χ1v) is 9.28. The topological polar surface area (TPSA) is 75.7 Å². The maximum atomic E-state index is 13.4. The number of anilines is 1. The molecule has 0 saturated heterocycles. The average Bonchev–Trinajstić information content (AvgIpc) is 2.57. The maximum absolute atomic E-state index is 13.4. The summed E-state index contributed by atoms with van der Waals surface area (Å²) in [5.74, 6) is -0.478. The highest BCUT2D eigenvalue weighted by molar-refractivity contribution is 7.92. The van der Waals surface area contributed by atoms with E-state index in [0.29, 0.717) is 5.75 Å². The van der Waals surface area contributed by atoms with Crippen LogP contribution in [0.25, 0.3) is 0 Å². The van der Waals surface area contributed by atoms with Gasteiger partial charge in [-0.25, -0.2) is 12.8 Å². The smallest absolute Gasteiger partial charge is 0.241 e. The lowest BCUT2D eigenvalue weighted by Gasteiger charge is -2.22. The number of carbonyl (C=O) groups excluding carboxylic acids is 1. The Balaban J connectivity index is 2.10. The zero-order chi connectivity index (χ0) is 18.4. The van der Waals surface area contributed by atoms with Crippen molar-refractivity contribution in [3.8, 4) is 5.75 Å². The van der Waals surface area contributed by atoms with Crippen LogP contribution in [-0.4, -0.2) is 34.2 Å². The van der Waals surface area contributed by atoms with Crippen molar-refractivity contribution < 1.29 is 22.3 Å². The number of sulfonamides is 1. The van der Waals surface area contributed by atoms with E-state index < -0.39 is 28.3 Å². The lowest BCUT2D eigenvalue weighted by Crippen LogP contribution is -2.40. The van der Waals surface area contributed by atoms with E-state index in [1.165, 1.54) is 25.3 Å². The number of amides is 1. The van der Waals surface area contributed by atoms with Gasteiger partial charge in [0.05, 0.1) is 19.1 Å². The van der Waals surface area contributed by atoms with Gasteiger partial charge in [-0.2, -0.15) is 0 Å². The third kappa shape index (κ3) is 5.18. The molecule has 8 heteroatoms. The van der Waals surface area contributed by atoms with E-state index >= 15 is 0 Å². The SMILES string of the molecule is COc1ccccc1CNC(=O)CN(c1cccc(F)c1)S(C)(=O)=O. The number of halogens is 1. The Morgan fingerprint density at radius 1 is 1.20 bits per heavy atom. The summed E-state index contributed by atoms with van der Waals surface area (Å²) < 4.78 is 43.3. The monoisotopic (exact) mass is 366 g/mol. The minimum absolute atomic E-state index is 0.0925. The molecule has 0 fully saturated rings. The van der Waals surface area contributed by atoms with Crippen LogP contribution < -0.4 is 14.4 Å². The van der Waals surface area contributed by atoms with E-state index in [0.717, 1.165) is 22.2 Å². The number of ether oxygens (including phenoxy) is 1. The lowest BCUT2D eigenvalue weighted by molar-refractivity contribution is -0.119. The highest BCUT2D eigenvalue weighted by Crippen LogP contribution is 2.19. The van der Waals surface area contributed by atoms with Gasteiger partial charge in [-0.3, -0.25) is 9.10 Å². The normalized spacial score (nSPS) is 11.0. The van der Waals surface area contributed by atoms with Crippen LogP contribution in [0.2, 0.25) is 0 Å². The molecule has 0 aliphatic rings. The van der Waals surface area contributed by atoms with Crippen LogP contribution in [0.3, 0.4) is 0 Å². The van der Waals surface area contributed by atoms with Crippen LogP contribution in [0, 0.1) is 5.82 Å². The third-order valence-electron chi connectivity index (χ3n) is 3.45. The summed E-state index contributed by atoms with van der Waals surface area (Å²) in [6.45, 7) is -0.263. The van der Waals surface area contributed by atoms with E-state index in [4.69, 9.17) is 4.74 Å². The van der Waals surface area contributed by atoms with Crippen molar-refractivity contribution in [2.24, 2.45) is 0 Å². The van der Waals surface area contributed by atoms with E-state index in [-0.39, 0.29) is 12.2 Å². The second-order valence-corrected chi connectivity index (χ2v) is 7.24. The van der Waals surface area contributed by atoms with Crippen LogP contribution in [0.15, 0.2) is 48.5 Å². The van der Waals surface area contributed by atoms with Gasteiger partial charge >= 0.3 is 0 Å². The van der Waals surface area contributed by atoms with Crippen molar-refractivity contribution in [1.82, 2.24) is 5.32 Å². The first-order valence-electron chi connectivity index (χ1n) is 7.43. The van der Waals surface area contributed by atoms with Gasteiger partial charge in [0.15, 0.2) is 0 Å². The molecule has 2 aromatic rings. The Morgan fingerprint density at radius 3 is 2.56 bits per heavy atom. The summed E-state index contributed by atoms with van der Waals surface area (Å²) in [7, 11) is -2.22. The van der Waals surface area contributed by atoms with Gasteiger partial charge in [0.2, 0.25) is 15.9 Å². The molecule has 0 heterocycles. The highest BCUT2D eigenvalue weighted by atomic mass is 32.2. The van der Waals surface area contributed by atoms with Gasteiger partial charge in [0.25, 0.3) is 0 Å². The Bertz CT molecular complexity index is 855. The molecule has 25 heavy (non-hydrogen) atoms. The van der Waals surface area contributed by atoms with Gasteiger partial charge in [-0.1, -0.05) is 24.3 Å². The van der Waals surface area contributed by atoms with E-state index in [2.05, 4.69) is 5.32 Å². The minimum atomic E-state index is -3.74. The van der Waals surface area contributed by atoms with Crippen LogP contribution in [0.1, 0.15) is 5.56 Å². The molecule has 0 aromatic heterocycles. The van der Waals surface area contributed by atoms with Crippen molar-refractivity contribution in [2.45, 2.75) is 6.54 Å². The van der Waals surface area contributed by atoms with Crippen molar-refractivity contribution in [3.05, 3.63) is 59.9 Å². The predicted molar refractivity (Wildman–Crippen MR) is 93.4 cm³/mol. The minimum Gasteiger partial charge on any atom is -0.496 e. The molecule has 1 N–H and O–H groups in total. The predicted octanol–water partition coefficient (Wildman–Crippen LogP) is 1.92. The molecule has 0 spiro atoms. The molecule has 0 aliphatic heterocycles. The fourth-order valence-electron chi connectivity index (χ4n) is 2.26. The first kappa shape index (κ1) is 18.7. The number of carbonyl (C=O) groups is 1. The van der Waals surface area contributed by atoms with Gasteiger partial charge in [0, 0.05) is 12.1 Å². The number of hydrogen-bond donors (Lipinski definition) is 1. The third-order valence-corrected chi connectivity index (χ3v) is 4.59. The highest BCUT2D eigenvalue weighted by Gasteiger charge is 2.21. The zero-order valence-electron chi connectivity index (χ0n) is 13.9. The van der Waals surface area contributed by atoms with E-state index in [1.54, 1.807) is 24.3 Å². The van der Waals surface area contributed by atoms with Crippen LogP contribution in [-0.2, 0) is 21.4 Å². The Hall–Kier alpha value is -2.61. The number of para-hydroxylation sites is 1. The molecular weight excluding hydrogens is 347 g/mol. The first-order chi connectivity index (χ1) is 11.8. The second-order valence-electron chi connectivity index (χ2n) is 5.34. The van der Waals surface area contributed by atoms with Gasteiger partial charge in [0.1, 0.15) is 18.1 Å². The molecule has 134 valence electrons. The van der Waals surface area contributed by atoms with Crippen LogP contribution in [0.4, 0.5) is 10.1 Å². The summed E-state index contributed by atoms with van der Waals surface area (Å²) in [5.41, 5.74) is 0.852. The fraction of sp³-hybridized carbons (Fsp3) is 0.235. The maximum Gasteiger partial charge on any atom is 0.241 e. The molecule has 0 bridgehead atoms. The number of rotatable bonds is 7. The quantitative estimate of drug-likeness (QED) is 0.812. The van der Waals surface area contributed by atoms with E-state index in [9.17, 15) is 17.6 Å².